The van der Waals surface area contributed by atoms with Crippen LogP contribution >= 0.6 is 11.6 Å². The summed E-state index contributed by atoms with van der Waals surface area (Å²) >= 11 is 5.97. The predicted octanol–water partition coefficient (Wildman–Crippen LogP) is 3.29. The molecule has 20 heavy (non-hydrogen) atoms. The molecule has 0 aliphatic heterocycles. The molecule has 0 saturated heterocycles. The fraction of sp³-hybridized carbons (Fsp3) is 0.0625. The summed E-state index contributed by atoms with van der Waals surface area (Å²) in [7, 11) is 0. The van der Waals surface area contributed by atoms with Crippen molar-refractivity contribution < 1.29 is 0 Å². The van der Waals surface area contributed by atoms with E-state index in [0.717, 1.165) is 10.9 Å². The van der Waals surface area contributed by atoms with E-state index in [9.17, 15) is 4.79 Å². The lowest BCUT2D eigenvalue weighted by atomic mass is 10.1. The molecular formula is C16H13ClN2O. The van der Waals surface area contributed by atoms with E-state index in [2.05, 4.69) is 0 Å². The van der Waals surface area contributed by atoms with Gasteiger partial charge in [-0.1, -0.05) is 41.9 Å². The van der Waals surface area contributed by atoms with Crippen LogP contribution in [0.25, 0.3) is 10.8 Å². The first-order chi connectivity index (χ1) is 9.65. The number of hydrogen-bond donors (Lipinski definition) is 1. The van der Waals surface area contributed by atoms with Crippen molar-refractivity contribution in [2.75, 3.05) is 5.73 Å². The van der Waals surface area contributed by atoms with E-state index in [4.69, 9.17) is 17.3 Å². The quantitative estimate of drug-likeness (QED) is 0.785. The molecule has 0 fully saturated rings. The molecule has 0 aliphatic carbocycles. The van der Waals surface area contributed by atoms with Gasteiger partial charge in [0.05, 0.1) is 6.54 Å². The monoisotopic (exact) mass is 284 g/mol. The first-order valence-electron chi connectivity index (χ1n) is 6.27. The maximum atomic E-state index is 12.5. The third kappa shape index (κ3) is 2.28. The van der Waals surface area contributed by atoms with Gasteiger partial charge in [-0.25, -0.2) is 0 Å². The smallest absolute Gasteiger partial charge is 0.260 e. The number of nitrogen functional groups attached to an aromatic ring is 1. The fourth-order valence-electron chi connectivity index (χ4n) is 2.30. The summed E-state index contributed by atoms with van der Waals surface area (Å²) in [6.07, 6.45) is 0. The number of halogens is 1. The highest BCUT2D eigenvalue weighted by Gasteiger charge is 2.07. The fourth-order valence-corrected chi connectivity index (χ4v) is 2.51. The molecule has 0 saturated carbocycles. The third-order valence-corrected chi connectivity index (χ3v) is 3.52. The number of nitrogens with zero attached hydrogens (tertiary/aromatic N) is 1. The summed E-state index contributed by atoms with van der Waals surface area (Å²) in [5, 5.41) is 2.18. The number of fused-ring (bicyclic) bond motifs is 1. The van der Waals surface area contributed by atoms with Crippen LogP contribution in [0.4, 0.5) is 5.82 Å². The van der Waals surface area contributed by atoms with Crippen molar-refractivity contribution in [3.8, 4) is 0 Å². The summed E-state index contributed by atoms with van der Waals surface area (Å²) in [5.74, 6) is 0.452. The summed E-state index contributed by atoms with van der Waals surface area (Å²) in [6, 6.07) is 16.7. The Hall–Kier alpha value is -2.26. The van der Waals surface area contributed by atoms with Crippen LogP contribution in [0.2, 0.25) is 5.02 Å². The zero-order chi connectivity index (χ0) is 14.1. The summed E-state index contributed by atoms with van der Waals surface area (Å²) < 4.78 is 1.56. The Balaban J connectivity index is 2.14. The zero-order valence-electron chi connectivity index (χ0n) is 10.7. The minimum Gasteiger partial charge on any atom is -0.385 e. The molecule has 100 valence electrons. The average Bonchev–Trinajstić information content (AvgIpc) is 2.43. The highest BCUT2D eigenvalue weighted by molar-refractivity contribution is 6.30. The van der Waals surface area contributed by atoms with E-state index < -0.39 is 0 Å². The number of pyridine rings is 1. The van der Waals surface area contributed by atoms with Gasteiger partial charge in [-0.05, 0) is 35.2 Å². The minimum atomic E-state index is -0.0828. The van der Waals surface area contributed by atoms with Crippen molar-refractivity contribution >= 4 is 28.2 Å². The van der Waals surface area contributed by atoms with Gasteiger partial charge in [0.2, 0.25) is 0 Å². The topological polar surface area (TPSA) is 48.0 Å². The molecule has 2 aromatic carbocycles. The Kier molecular flexibility index (Phi) is 3.20. The second-order valence-electron chi connectivity index (χ2n) is 4.68. The van der Waals surface area contributed by atoms with E-state index in [0.29, 0.717) is 22.8 Å². The Morgan fingerprint density at radius 3 is 2.65 bits per heavy atom. The van der Waals surface area contributed by atoms with E-state index in [1.165, 1.54) is 0 Å². The molecule has 1 aromatic heterocycles. The maximum absolute atomic E-state index is 12.5. The molecule has 0 unspecified atom stereocenters. The molecule has 2 N–H and O–H groups in total. The van der Waals surface area contributed by atoms with Crippen LogP contribution in [-0.2, 0) is 6.54 Å². The van der Waals surface area contributed by atoms with Crippen LogP contribution in [-0.4, -0.2) is 4.57 Å². The summed E-state index contributed by atoms with van der Waals surface area (Å²) in [4.78, 5) is 12.5. The SMILES string of the molecule is Nc1cc2ccccc2c(=O)n1Cc1cccc(Cl)c1. The summed E-state index contributed by atoms with van der Waals surface area (Å²) in [6.45, 7) is 0.413. The van der Waals surface area contributed by atoms with E-state index in [1.54, 1.807) is 10.6 Å². The van der Waals surface area contributed by atoms with Crippen LogP contribution in [0.1, 0.15) is 5.56 Å². The van der Waals surface area contributed by atoms with Gasteiger partial charge in [-0.15, -0.1) is 0 Å². The van der Waals surface area contributed by atoms with Gasteiger partial charge in [0.25, 0.3) is 5.56 Å². The number of aromatic nitrogens is 1. The Morgan fingerprint density at radius 2 is 1.85 bits per heavy atom. The van der Waals surface area contributed by atoms with E-state index >= 15 is 0 Å². The number of anilines is 1. The first-order valence-corrected chi connectivity index (χ1v) is 6.65. The van der Waals surface area contributed by atoms with Crippen LogP contribution in [0, 0.1) is 0 Å². The lowest BCUT2D eigenvalue weighted by Gasteiger charge is -2.11. The number of benzene rings is 2. The van der Waals surface area contributed by atoms with Crippen LogP contribution < -0.4 is 11.3 Å². The standard InChI is InChI=1S/C16H13ClN2O/c17-13-6-3-4-11(8-13)10-19-15(18)9-12-5-1-2-7-14(12)16(19)20/h1-9H,10,18H2. The molecule has 0 bridgehead atoms. The van der Waals surface area contributed by atoms with Gasteiger partial charge >= 0.3 is 0 Å². The Labute approximate surface area is 121 Å². The van der Waals surface area contributed by atoms with Crippen molar-refractivity contribution in [1.82, 2.24) is 4.57 Å². The Bertz CT molecular complexity index is 839. The third-order valence-electron chi connectivity index (χ3n) is 3.28. The average molecular weight is 285 g/mol. The van der Waals surface area contributed by atoms with Gasteiger partial charge in [-0.2, -0.15) is 0 Å². The van der Waals surface area contributed by atoms with E-state index in [1.807, 2.05) is 48.5 Å². The molecule has 3 aromatic rings. The Morgan fingerprint density at radius 1 is 1.05 bits per heavy atom. The van der Waals surface area contributed by atoms with Crippen molar-refractivity contribution in [3.63, 3.8) is 0 Å². The van der Waals surface area contributed by atoms with Gasteiger partial charge in [0.1, 0.15) is 5.82 Å². The van der Waals surface area contributed by atoms with E-state index in [-0.39, 0.29) is 5.56 Å². The van der Waals surface area contributed by atoms with Gasteiger partial charge < -0.3 is 5.73 Å². The van der Waals surface area contributed by atoms with Gasteiger partial charge in [-0.3, -0.25) is 9.36 Å². The second kappa shape index (κ2) is 5.02. The molecule has 0 radical (unpaired) electrons. The van der Waals surface area contributed by atoms with Crippen molar-refractivity contribution in [2.45, 2.75) is 6.54 Å². The van der Waals surface area contributed by atoms with Gasteiger partial charge in [0.15, 0.2) is 0 Å². The first kappa shape index (κ1) is 12.8. The maximum Gasteiger partial charge on any atom is 0.260 e. The van der Waals surface area contributed by atoms with Crippen molar-refractivity contribution in [1.29, 1.82) is 0 Å². The molecule has 0 amide bonds. The highest BCUT2D eigenvalue weighted by atomic mass is 35.5. The zero-order valence-corrected chi connectivity index (χ0v) is 11.5. The summed E-state index contributed by atoms with van der Waals surface area (Å²) in [5.41, 5.74) is 6.87. The second-order valence-corrected chi connectivity index (χ2v) is 5.11. The lowest BCUT2D eigenvalue weighted by Crippen LogP contribution is -2.23. The number of rotatable bonds is 2. The van der Waals surface area contributed by atoms with Gasteiger partial charge in [0, 0.05) is 10.4 Å². The molecular weight excluding hydrogens is 272 g/mol. The molecule has 3 rings (SSSR count). The molecule has 0 spiro atoms. The largest absolute Gasteiger partial charge is 0.385 e. The molecule has 3 nitrogen and oxygen atoms in total. The van der Waals surface area contributed by atoms with Crippen molar-refractivity contribution in [2.24, 2.45) is 0 Å². The lowest BCUT2D eigenvalue weighted by molar-refractivity contribution is 0.780. The molecule has 0 atom stereocenters. The predicted molar refractivity (Wildman–Crippen MR) is 83.2 cm³/mol. The molecule has 1 heterocycles. The molecule has 4 heteroatoms. The van der Waals surface area contributed by atoms with Crippen LogP contribution in [0.5, 0.6) is 0 Å². The highest BCUT2D eigenvalue weighted by Crippen LogP contribution is 2.16. The minimum absolute atomic E-state index is 0.0828. The molecule has 0 aliphatic rings. The van der Waals surface area contributed by atoms with Crippen LogP contribution in [0.3, 0.4) is 0 Å². The normalized spacial score (nSPS) is 10.8. The number of hydrogen-bond acceptors (Lipinski definition) is 2. The van der Waals surface area contributed by atoms with Crippen LogP contribution in [0.15, 0.2) is 59.4 Å². The van der Waals surface area contributed by atoms with Crippen molar-refractivity contribution in [3.05, 3.63) is 75.5 Å². The number of nitrogens with two attached hydrogens (primary N) is 1.